The summed E-state index contributed by atoms with van der Waals surface area (Å²) < 4.78 is 2.39. The van der Waals surface area contributed by atoms with E-state index in [1.54, 1.807) is 12.4 Å². The largest absolute Gasteiger partial charge is 0.309 e. The minimum Gasteiger partial charge on any atom is -0.309 e. The van der Waals surface area contributed by atoms with Crippen molar-refractivity contribution in [2.75, 3.05) is 0 Å². The fourth-order valence-electron chi connectivity index (χ4n) is 10.6. The van der Waals surface area contributed by atoms with Gasteiger partial charge in [-0.25, -0.2) is 0 Å². The number of fused-ring (bicyclic) bond motifs is 12. The van der Waals surface area contributed by atoms with Crippen LogP contribution in [0.1, 0.15) is 25.0 Å². The molecule has 0 atom stereocenters. The molecule has 1 aliphatic rings. The monoisotopic (exact) mass is 815 g/mol. The van der Waals surface area contributed by atoms with E-state index in [0.29, 0.717) is 0 Å². The van der Waals surface area contributed by atoms with Gasteiger partial charge in [0.15, 0.2) is 0 Å². The minimum absolute atomic E-state index is 0.163. The summed E-state index contributed by atoms with van der Waals surface area (Å²) >= 11 is 0. The Morgan fingerprint density at radius 2 is 0.797 bits per heavy atom. The lowest BCUT2D eigenvalue weighted by molar-refractivity contribution is 0.661. The van der Waals surface area contributed by atoms with Crippen molar-refractivity contribution in [2.24, 2.45) is 0 Å². The summed E-state index contributed by atoms with van der Waals surface area (Å²) in [6, 6.07) is 73.7. The molecule has 3 heteroatoms. The fourth-order valence-corrected chi connectivity index (χ4v) is 10.6. The highest BCUT2D eigenvalue weighted by Crippen LogP contribution is 2.51. The average Bonchev–Trinajstić information content (AvgIpc) is 3.81. The van der Waals surface area contributed by atoms with E-state index in [4.69, 9.17) is 9.97 Å². The SMILES string of the molecule is CC1(C)c2cc(-c3ccc(-c4ccc5c6ccccc6n(-c6ccccc6)c5c4)cc3)ccc2-c2ccc(-c3cccc(-c4ccc5c6ccccc6c6nccnc6c5c4)c3)cc21. The molecule has 12 aromatic rings. The molecule has 2 heterocycles. The molecule has 0 unspecified atom stereocenters. The van der Waals surface area contributed by atoms with Crippen LogP contribution < -0.4 is 0 Å². The van der Waals surface area contributed by atoms with Crippen molar-refractivity contribution in [1.82, 2.24) is 14.5 Å². The fraction of sp³-hybridized carbons (Fsp3) is 0.0492. The van der Waals surface area contributed by atoms with E-state index in [-0.39, 0.29) is 5.41 Å². The lowest BCUT2D eigenvalue weighted by Gasteiger charge is -2.23. The molecule has 0 fully saturated rings. The van der Waals surface area contributed by atoms with E-state index < -0.39 is 0 Å². The average molecular weight is 816 g/mol. The Bertz CT molecular complexity index is 3820. The first-order valence-electron chi connectivity index (χ1n) is 22.1. The van der Waals surface area contributed by atoms with Crippen LogP contribution in [0.5, 0.6) is 0 Å². The number of hydrogen-bond acceptors (Lipinski definition) is 2. The smallest absolute Gasteiger partial charge is 0.0971 e. The minimum atomic E-state index is -0.163. The molecule has 300 valence electrons. The van der Waals surface area contributed by atoms with E-state index in [1.807, 2.05) is 0 Å². The zero-order valence-electron chi connectivity index (χ0n) is 35.5. The van der Waals surface area contributed by atoms with Gasteiger partial charge in [-0.3, -0.25) is 9.97 Å². The van der Waals surface area contributed by atoms with Gasteiger partial charge < -0.3 is 4.57 Å². The highest BCUT2D eigenvalue weighted by atomic mass is 15.0. The number of rotatable bonds is 5. The molecule has 13 rings (SSSR count). The van der Waals surface area contributed by atoms with Crippen molar-refractivity contribution in [1.29, 1.82) is 0 Å². The van der Waals surface area contributed by atoms with Crippen molar-refractivity contribution < 1.29 is 0 Å². The molecule has 0 bridgehead atoms. The summed E-state index contributed by atoms with van der Waals surface area (Å²) in [5.41, 5.74) is 20.3. The van der Waals surface area contributed by atoms with Crippen LogP contribution in [0.25, 0.3) is 116 Å². The molecule has 0 saturated carbocycles. The van der Waals surface area contributed by atoms with Gasteiger partial charge in [-0.2, -0.15) is 0 Å². The third kappa shape index (κ3) is 5.54. The summed E-state index contributed by atoms with van der Waals surface area (Å²) in [5.74, 6) is 0. The maximum atomic E-state index is 4.82. The maximum absolute atomic E-state index is 4.82. The third-order valence-corrected chi connectivity index (χ3v) is 13.9. The van der Waals surface area contributed by atoms with Crippen LogP contribution in [0.15, 0.2) is 213 Å². The second-order valence-corrected chi connectivity index (χ2v) is 17.8. The highest BCUT2D eigenvalue weighted by molar-refractivity contribution is 6.23. The Hall–Kier alpha value is -8.14. The first kappa shape index (κ1) is 36.5. The molecular weight excluding hydrogens is 775 g/mol. The summed E-state index contributed by atoms with van der Waals surface area (Å²) in [6.07, 6.45) is 3.58. The number of para-hydroxylation sites is 2. The van der Waals surface area contributed by atoms with Crippen molar-refractivity contribution in [2.45, 2.75) is 19.3 Å². The molecule has 10 aromatic carbocycles. The van der Waals surface area contributed by atoms with Gasteiger partial charge in [-0.15, -0.1) is 0 Å². The number of hydrogen-bond donors (Lipinski definition) is 0. The van der Waals surface area contributed by atoms with E-state index in [1.165, 1.54) is 105 Å². The number of aromatic nitrogens is 3. The van der Waals surface area contributed by atoms with Crippen LogP contribution in [0.3, 0.4) is 0 Å². The van der Waals surface area contributed by atoms with Gasteiger partial charge in [-0.05, 0) is 126 Å². The first-order chi connectivity index (χ1) is 31.5. The molecular formula is C61H41N3. The summed E-state index contributed by atoms with van der Waals surface area (Å²) in [6.45, 7) is 4.75. The summed E-state index contributed by atoms with van der Waals surface area (Å²) in [5, 5.41) is 7.19. The predicted octanol–water partition coefficient (Wildman–Crippen LogP) is 16.0. The molecule has 0 amide bonds. The Balaban J connectivity index is 0.814. The Kier molecular flexibility index (Phi) is 7.95. The molecule has 0 aliphatic heterocycles. The zero-order chi connectivity index (χ0) is 42.5. The van der Waals surface area contributed by atoms with Crippen molar-refractivity contribution >= 4 is 54.4 Å². The predicted molar refractivity (Wildman–Crippen MR) is 268 cm³/mol. The lowest BCUT2D eigenvalue weighted by Crippen LogP contribution is -2.15. The standard InChI is InChI=1S/C61H41N3/c1-61(2)55-35-43(38-19-21-39(22-20-38)45-26-30-52-51-16-8-9-18-57(51)64(58(52)37-45)46-13-4-3-5-14-46)24-28-49(55)50-29-25-44(36-56(50)61)41-12-10-11-40(33-41)42-23-27-48-47-15-6-7-17-53(47)59-60(54(48)34-42)63-32-31-62-59/h3-37H,1-2H3. The number of benzene rings is 10. The second-order valence-electron chi connectivity index (χ2n) is 17.8. The normalized spacial score (nSPS) is 13.0. The Labute approximate surface area is 371 Å². The van der Waals surface area contributed by atoms with E-state index in [2.05, 4.69) is 219 Å². The van der Waals surface area contributed by atoms with Gasteiger partial charge in [-0.1, -0.05) is 166 Å². The molecule has 1 aliphatic carbocycles. The van der Waals surface area contributed by atoms with E-state index in [0.717, 1.165) is 21.8 Å². The lowest BCUT2D eigenvalue weighted by atomic mass is 9.80. The van der Waals surface area contributed by atoms with Crippen molar-refractivity contribution in [3.63, 3.8) is 0 Å². The molecule has 0 N–H and O–H groups in total. The van der Waals surface area contributed by atoms with Crippen molar-refractivity contribution in [3.05, 3.63) is 224 Å². The van der Waals surface area contributed by atoms with Gasteiger partial charge in [0.25, 0.3) is 0 Å². The number of nitrogens with zero attached hydrogens (tertiary/aromatic N) is 3. The van der Waals surface area contributed by atoms with Gasteiger partial charge in [0.05, 0.1) is 22.1 Å². The van der Waals surface area contributed by atoms with Gasteiger partial charge in [0.1, 0.15) is 0 Å². The van der Waals surface area contributed by atoms with Crippen LogP contribution in [0.2, 0.25) is 0 Å². The van der Waals surface area contributed by atoms with Crippen LogP contribution in [-0.2, 0) is 5.41 Å². The van der Waals surface area contributed by atoms with Crippen LogP contribution in [0.4, 0.5) is 0 Å². The van der Waals surface area contributed by atoms with Gasteiger partial charge >= 0.3 is 0 Å². The molecule has 3 nitrogen and oxygen atoms in total. The van der Waals surface area contributed by atoms with Crippen LogP contribution in [-0.4, -0.2) is 14.5 Å². The van der Waals surface area contributed by atoms with Gasteiger partial charge in [0.2, 0.25) is 0 Å². The molecule has 0 spiro atoms. The maximum Gasteiger partial charge on any atom is 0.0971 e. The Morgan fingerprint density at radius 1 is 0.328 bits per heavy atom. The quantitative estimate of drug-likeness (QED) is 0.162. The van der Waals surface area contributed by atoms with Crippen LogP contribution >= 0.6 is 0 Å². The topological polar surface area (TPSA) is 30.7 Å². The Morgan fingerprint density at radius 3 is 1.48 bits per heavy atom. The molecule has 64 heavy (non-hydrogen) atoms. The van der Waals surface area contributed by atoms with Crippen molar-refractivity contribution in [3.8, 4) is 61.3 Å². The summed E-state index contributed by atoms with van der Waals surface area (Å²) in [7, 11) is 0. The van der Waals surface area contributed by atoms with E-state index in [9.17, 15) is 0 Å². The second kappa shape index (κ2) is 13.9. The molecule has 0 saturated heterocycles. The zero-order valence-corrected chi connectivity index (χ0v) is 35.5. The van der Waals surface area contributed by atoms with Gasteiger partial charge in [0, 0.05) is 45.0 Å². The molecule has 2 aromatic heterocycles. The highest BCUT2D eigenvalue weighted by Gasteiger charge is 2.36. The first-order valence-corrected chi connectivity index (χ1v) is 22.1. The third-order valence-electron chi connectivity index (χ3n) is 13.9. The molecule has 0 radical (unpaired) electrons. The summed E-state index contributed by atoms with van der Waals surface area (Å²) in [4.78, 5) is 9.59. The van der Waals surface area contributed by atoms with Crippen LogP contribution in [0, 0.1) is 0 Å². The van der Waals surface area contributed by atoms with E-state index >= 15 is 0 Å².